The Kier molecular flexibility index (Phi) is 2.97. The van der Waals surface area contributed by atoms with Crippen LogP contribution >= 0.6 is 0 Å². The van der Waals surface area contributed by atoms with Crippen LogP contribution in [0.3, 0.4) is 0 Å². The fourth-order valence-corrected chi connectivity index (χ4v) is 3.22. The quantitative estimate of drug-likeness (QED) is 0.864. The van der Waals surface area contributed by atoms with Gasteiger partial charge in [-0.3, -0.25) is 0 Å². The highest BCUT2D eigenvalue weighted by molar-refractivity contribution is 5.52. The second-order valence-corrected chi connectivity index (χ2v) is 5.53. The van der Waals surface area contributed by atoms with Gasteiger partial charge in [-0.1, -0.05) is 0 Å². The average molecular weight is 241 g/mol. The first-order valence-electron chi connectivity index (χ1n) is 6.76. The van der Waals surface area contributed by atoms with Crippen molar-refractivity contribution in [2.75, 3.05) is 25.0 Å². The van der Waals surface area contributed by atoms with Gasteiger partial charge in [-0.15, -0.1) is 0 Å². The number of piperidine rings is 3. The normalized spacial score (nSPS) is 29.9. The molecule has 3 heteroatoms. The van der Waals surface area contributed by atoms with Crippen LogP contribution in [-0.2, 0) is 0 Å². The third kappa shape index (κ3) is 2.09. The van der Waals surface area contributed by atoms with Gasteiger partial charge in [-0.25, -0.2) is 0 Å². The molecule has 0 amide bonds. The number of anilines is 1. The van der Waals surface area contributed by atoms with Gasteiger partial charge in [-0.2, -0.15) is 5.26 Å². The zero-order chi connectivity index (χ0) is 12.5. The Balaban J connectivity index is 1.73. The van der Waals surface area contributed by atoms with Crippen LogP contribution in [0.25, 0.3) is 0 Å². The van der Waals surface area contributed by atoms with Gasteiger partial charge in [0.1, 0.15) is 0 Å². The Hall–Kier alpha value is -1.53. The summed E-state index contributed by atoms with van der Waals surface area (Å²) in [5, 5.41) is 12.6. The van der Waals surface area contributed by atoms with Crippen molar-refractivity contribution in [1.82, 2.24) is 4.90 Å². The van der Waals surface area contributed by atoms with Crippen molar-refractivity contribution < 1.29 is 0 Å². The highest BCUT2D eigenvalue weighted by Crippen LogP contribution is 2.30. The third-order valence-corrected chi connectivity index (χ3v) is 4.36. The molecule has 3 fully saturated rings. The van der Waals surface area contributed by atoms with Gasteiger partial charge in [0, 0.05) is 18.3 Å². The van der Waals surface area contributed by atoms with E-state index in [0.29, 0.717) is 6.04 Å². The zero-order valence-corrected chi connectivity index (χ0v) is 10.8. The topological polar surface area (TPSA) is 39.1 Å². The number of hydrogen-bond acceptors (Lipinski definition) is 3. The smallest absolute Gasteiger partial charge is 0.0994 e. The average Bonchev–Trinajstić information content (AvgIpc) is 2.40. The van der Waals surface area contributed by atoms with E-state index in [1.165, 1.54) is 32.5 Å². The van der Waals surface area contributed by atoms with E-state index in [2.05, 4.69) is 22.4 Å². The van der Waals surface area contributed by atoms with Gasteiger partial charge >= 0.3 is 0 Å². The van der Waals surface area contributed by atoms with Crippen LogP contribution in [0.1, 0.15) is 24.0 Å². The molecule has 0 aromatic heterocycles. The number of nitrogens with zero attached hydrogens (tertiary/aromatic N) is 2. The molecule has 3 heterocycles. The van der Waals surface area contributed by atoms with Crippen LogP contribution in [-0.4, -0.2) is 30.6 Å². The number of hydrogen-bond donors (Lipinski definition) is 1. The molecule has 0 spiro atoms. The molecule has 1 N–H and O–H groups in total. The van der Waals surface area contributed by atoms with Crippen molar-refractivity contribution in [3.05, 3.63) is 29.3 Å². The first-order chi connectivity index (χ1) is 8.76. The van der Waals surface area contributed by atoms with Crippen molar-refractivity contribution in [2.45, 2.75) is 25.8 Å². The predicted molar refractivity (Wildman–Crippen MR) is 72.5 cm³/mol. The van der Waals surface area contributed by atoms with E-state index >= 15 is 0 Å². The van der Waals surface area contributed by atoms with E-state index in [1.54, 1.807) is 0 Å². The standard InChI is InChI=1S/C15H19N3/c1-11-8-14(3-2-13(11)9-16)17-15-10-18-6-4-12(15)5-7-18/h2-3,8,12,15,17H,4-7,10H2,1H3. The van der Waals surface area contributed by atoms with Crippen molar-refractivity contribution in [1.29, 1.82) is 5.26 Å². The molecule has 3 saturated heterocycles. The van der Waals surface area contributed by atoms with Gasteiger partial charge in [0.15, 0.2) is 0 Å². The molecule has 18 heavy (non-hydrogen) atoms. The van der Waals surface area contributed by atoms with E-state index in [4.69, 9.17) is 5.26 Å². The molecule has 4 rings (SSSR count). The number of benzene rings is 1. The second-order valence-electron chi connectivity index (χ2n) is 5.53. The number of fused-ring (bicyclic) bond motifs is 3. The molecule has 1 atom stereocenters. The van der Waals surface area contributed by atoms with Crippen LogP contribution in [0.2, 0.25) is 0 Å². The summed E-state index contributed by atoms with van der Waals surface area (Å²) in [6, 6.07) is 8.84. The van der Waals surface area contributed by atoms with Crippen molar-refractivity contribution in [2.24, 2.45) is 5.92 Å². The van der Waals surface area contributed by atoms with Crippen molar-refractivity contribution in [3.63, 3.8) is 0 Å². The molecule has 2 bridgehead atoms. The number of nitrogens with one attached hydrogen (secondary N) is 1. The van der Waals surface area contributed by atoms with Crippen LogP contribution < -0.4 is 5.32 Å². The van der Waals surface area contributed by atoms with Crippen molar-refractivity contribution >= 4 is 5.69 Å². The molecule has 1 aromatic rings. The summed E-state index contributed by atoms with van der Waals surface area (Å²) in [5.41, 5.74) is 2.99. The van der Waals surface area contributed by atoms with Crippen LogP contribution in [0.5, 0.6) is 0 Å². The zero-order valence-electron chi connectivity index (χ0n) is 10.8. The van der Waals surface area contributed by atoms with Gasteiger partial charge in [0.25, 0.3) is 0 Å². The first-order valence-corrected chi connectivity index (χ1v) is 6.76. The Labute approximate surface area is 108 Å². The molecule has 3 aliphatic heterocycles. The van der Waals surface area contributed by atoms with Gasteiger partial charge in [-0.05, 0) is 62.5 Å². The molecule has 1 unspecified atom stereocenters. The summed E-state index contributed by atoms with van der Waals surface area (Å²) >= 11 is 0. The lowest BCUT2D eigenvalue weighted by Crippen LogP contribution is -2.53. The van der Waals surface area contributed by atoms with E-state index in [0.717, 1.165) is 22.7 Å². The third-order valence-electron chi connectivity index (χ3n) is 4.36. The van der Waals surface area contributed by atoms with E-state index < -0.39 is 0 Å². The van der Waals surface area contributed by atoms with Gasteiger partial charge < -0.3 is 10.2 Å². The lowest BCUT2D eigenvalue weighted by atomic mass is 9.84. The molecular weight excluding hydrogens is 222 g/mol. The monoisotopic (exact) mass is 241 g/mol. The molecular formula is C15H19N3. The number of nitriles is 1. The minimum absolute atomic E-state index is 0.583. The summed E-state index contributed by atoms with van der Waals surface area (Å²) in [6.45, 7) is 5.72. The molecule has 3 aliphatic rings. The van der Waals surface area contributed by atoms with Gasteiger partial charge in [0.2, 0.25) is 0 Å². The van der Waals surface area contributed by atoms with E-state index in [9.17, 15) is 0 Å². The minimum atomic E-state index is 0.583. The Morgan fingerprint density at radius 2 is 2.11 bits per heavy atom. The maximum absolute atomic E-state index is 8.94. The summed E-state index contributed by atoms with van der Waals surface area (Å²) in [7, 11) is 0. The molecule has 1 aromatic carbocycles. The lowest BCUT2D eigenvalue weighted by molar-refractivity contribution is 0.0975. The van der Waals surface area contributed by atoms with Crippen LogP contribution in [0, 0.1) is 24.2 Å². The molecule has 3 nitrogen and oxygen atoms in total. The molecule has 94 valence electrons. The molecule has 0 radical (unpaired) electrons. The Bertz CT molecular complexity index is 481. The fourth-order valence-electron chi connectivity index (χ4n) is 3.22. The van der Waals surface area contributed by atoms with Crippen LogP contribution in [0.15, 0.2) is 18.2 Å². The summed E-state index contributed by atoms with van der Waals surface area (Å²) in [4.78, 5) is 2.55. The lowest BCUT2D eigenvalue weighted by Gasteiger charge is -2.45. The highest BCUT2D eigenvalue weighted by Gasteiger charge is 2.33. The summed E-state index contributed by atoms with van der Waals surface area (Å²) < 4.78 is 0. The highest BCUT2D eigenvalue weighted by atomic mass is 15.2. The van der Waals surface area contributed by atoms with Crippen molar-refractivity contribution in [3.8, 4) is 6.07 Å². The Morgan fingerprint density at radius 1 is 1.33 bits per heavy atom. The maximum atomic E-state index is 8.94. The first kappa shape index (κ1) is 11.6. The number of rotatable bonds is 2. The predicted octanol–water partition coefficient (Wildman–Crippen LogP) is 2.37. The van der Waals surface area contributed by atoms with E-state index in [-0.39, 0.29) is 0 Å². The molecule has 0 aliphatic carbocycles. The fraction of sp³-hybridized carbons (Fsp3) is 0.533. The van der Waals surface area contributed by atoms with Gasteiger partial charge in [0.05, 0.1) is 11.6 Å². The summed E-state index contributed by atoms with van der Waals surface area (Å²) in [6.07, 6.45) is 2.65. The van der Waals surface area contributed by atoms with E-state index in [1.807, 2.05) is 19.1 Å². The number of aryl methyl sites for hydroxylation is 1. The second kappa shape index (κ2) is 4.62. The molecule has 0 saturated carbocycles. The maximum Gasteiger partial charge on any atom is 0.0994 e. The SMILES string of the molecule is Cc1cc(NC2CN3CCC2CC3)ccc1C#N. The Morgan fingerprint density at radius 3 is 2.67 bits per heavy atom. The minimum Gasteiger partial charge on any atom is -0.381 e. The largest absolute Gasteiger partial charge is 0.381 e. The summed E-state index contributed by atoms with van der Waals surface area (Å²) in [5.74, 6) is 0.825. The van der Waals surface area contributed by atoms with Crippen LogP contribution in [0.4, 0.5) is 5.69 Å².